The first-order valence-corrected chi connectivity index (χ1v) is 9.52. The number of piperazine rings is 1. The molecule has 28 heavy (non-hydrogen) atoms. The Balaban J connectivity index is 1.39. The minimum absolute atomic E-state index is 0.136. The number of anilines is 1. The van der Waals surface area contributed by atoms with Crippen LogP contribution >= 0.6 is 0 Å². The molecule has 4 rings (SSSR count). The minimum atomic E-state index is -0.136. The molecule has 0 aromatic carbocycles. The molecule has 1 saturated heterocycles. The lowest BCUT2D eigenvalue weighted by Crippen LogP contribution is -2.46. The maximum Gasteiger partial charge on any atom is 0.251 e. The van der Waals surface area contributed by atoms with Gasteiger partial charge in [-0.1, -0.05) is 6.92 Å². The molecule has 3 aromatic heterocycles. The number of nitrogens with zero attached hydrogens (tertiary/aromatic N) is 6. The molecule has 1 fully saturated rings. The highest BCUT2D eigenvalue weighted by Gasteiger charge is 2.19. The normalized spacial score (nSPS) is 15.1. The van der Waals surface area contributed by atoms with Crippen LogP contribution in [0.1, 0.15) is 24.3 Å². The van der Waals surface area contributed by atoms with E-state index in [1.807, 2.05) is 26.0 Å². The summed E-state index contributed by atoms with van der Waals surface area (Å²) in [7, 11) is 0. The average Bonchev–Trinajstić information content (AvgIpc) is 3.13. The maximum atomic E-state index is 11.8. The van der Waals surface area contributed by atoms with Gasteiger partial charge in [0.25, 0.3) is 5.56 Å². The molecule has 0 amide bonds. The predicted molar refractivity (Wildman–Crippen MR) is 106 cm³/mol. The lowest BCUT2D eigenvalue weighted by molar-refractivity contribution is 0.244. The molecule has 0 saturated carbocycles. The molecular weight excluding hydrogens is 356 g/mol. The Morgan fingerprint density at radius 2 is 1.96 bits per heavy atom. The molecule has 0 unspecified atom stereocenters. The Labute approximate surface area is 162 Å². The Morgan fingerprint density at radius 1 is 1.14 bits per heavy atom. The second-order valence-corrected chi connectivity index (χ2v) is 6.94. The van der Waals surface area contributed by atoms with Crippen LogP contribution in [0.25, 0.3) is 11.4 Å². The fourth-order valence-electron chi connectivity index (χ4n) is 3.33. The number of hydrogen-bond acceptors (Lipinski definition) is 7. The highest BCUT2D eigenvalue weighted by Crippen LogP contribution is 2.19. The van der Waals surface area contributed by atoms with Crippen LogP contribution in [-0.4, -0.2) is 61.2 Å². The topological polar surface area (TPSA) is 107 Å². The maximum absolute atomic E-state index is 11.8. The van der Waals surface area contributed by atoms with Gasteiger partial charge in [0.05, 0.1) is 6.54 Å². The van der Waals surface area contributed by atoms with E-state index in [4.69, 9.17) is 0 Å². The predicted octanol–water partition coefficient (Wildman–Crippen LogP) is 1.14. The van der Waals surface area contributed by atoms with Crippen molar-refractivity contribution in [2.45, 2.75) is 26.8 Å². The van der Waals surface area contributed by atoms with Crippen molar-refractivity contribution in [3.8, 4) is 11.4 Å². The molecule has 4 heterocycles. The van der Waals surface area contributed by atoms with E-state index in [0.29, 0.717) is 5.82 Å². The molecule has 9 heteroatoms. The Bertz CT molecular complexity index is 986. The van der Waals surface area contributed by atoms with E-state index in [1.165, 1.54) is 6.07 Å². The number of nitrogens with one attached hydrogen (secondary N) is 2. The van der Waals surface area contributed by atoms with Crippen molar-refractivity contribution in [2.75, 3.05) is 31.1 Å². The van der Waals surface area contributed by atoms with Crippen molar-refractivity contribution in [1.29, 1.82) is 0 Å². The molecule has 2 N–H and O–H groups in total. The second-order valence-electron chi connectivity index (χ2n) is 6.94. The number of H-pyrrole nitrogens is 2. The van der Waals surface area contributed by atoms with E-state index in [9.17, 15) is 4.79 Å². The summed E-state index contributed by atoms with van der Waals surface area (Å²) in [4.78, 5) is 32.6. The van der Waals surface area contributed by atoms with Gasteiger partial charge in [0.2, 0.25) is 0 Å². The summed E-state index contributed by atoms with van der Waals surface area (Å²) in [5.41, 5.74) is 1.46. The van der Waals surface area contributed by atoms with E-state index in [-0.39, 0.29) is 5.56 Å². The molecule has 9 nitrogen and oxygen atoms in total. The van der Waals surface area contributed by atoms with E-state index >= 15 is 0 Å². The first-order valence-electron chi connectivity index (χ1n) is 9.52. The van der Waals surface area contributed by atoms with Crippen LogP contribution in [0.4, 0.5) is 5.82 Å². The van der Waals surface area contributed by atoms with Crippen LogP contribution in [0.5, 0.6) is 0 Å². The molecule has 0 bridgehead atoms. The standard InChI is InChI=1S/C19H24N8O/c1-3-15-10-18(28)23-19(22-15)14-4-5-17(20-11-14)27-8-6-26(7-9-27)12-16-21-13(2)24-25-16/h4-5,10-11H,3,6-9,12H2,1-2H3,(H,21,24,25)(H,22,23,28). The highest BCUT2D eigenvalue weighted by atomic mass is 16.1. The Morgan fingerprint density at radius 3 is 2.61 bits per heavy atom. The van der Waals surface area contributed by atoms with Crippen LogP contribution < -0.4 is 10.5 Å². The van der Waals surface area contributed by atoms with Crippen LogP contribution in [0.2, 0.25) is 0 Å². The molecule has 0 aliphatic carbocycles. The summed E-state index contributed by atoms with van der Waals surface area (Å²) in [5, 5.41) is 7.10. The Kier molecular flexibility index (Phi) is 5.16. The van der Waals surface area contributed by atoms with Crippen molar-refractivity contribution < 1.29 is 0 Å². The van der Waals surface area contributed by atoms with Crippen molar-refractivity contribution in [2.24, 2.45) is 0 Å². The number of rotatable bonds is 5. The molecule has 1 aliphatic heterocycles. The van der Waals surface area contributed by atoms with Crippen molar-refractivity contribution in [1.82, 2.24) is 35.0 Å². The van der Waals surface area contributed by atoms with Gasteiger partial charge in [0.1, 0.15) is 17.5 Å². The number of aryl methyl sites for hydroxylation is 2. The van der Waals surface area contributed by atoms with Crippen molar-refractivity contribution in [3.05, 3.63) is 52.1 Å². The molecule has 0 atom stereocenters. The summed E-state index contributed by atoms with van der Waals surface area (Å²) in [6, 6.07) is 5.48. The average molecular weight is 380 g/mol. The lowest BCUT2D eigenvalue weighted by Gasteiger charge is -2.34. The zero-order valence-corrected chi connectivity index (χ0v) is 16.1. The van der Waals surface area contributed by atoms with E-state index in [2.05, 4.69) is 39.9 Å². The van der Waals surface area contributed by atoms with Crippen LogP contribution in [0.15, 0.2) is 29.2 Å². The van der Waals surface area contributed by atoms with Gasteiger partial charge in [-0.3, -0.25) is 14.8 Å². The second kappa shape index (κ2) is 7.89. The van der Waals surface area contributed by atoms with Crippen molar-refractivity contribution >= 4 is 5.82 Å². The third-order valence-electron chi connectivity index (χ3n) is 4.88. The van der Waals surface area contributed by atoms with Gasteiger partial charge < -0.3 is 9.88 Å². The van der Waals surface area contributed by atoms with Gasteiger partial charge in [-0.25, -0.2) is 15.0 Å². The number of aromatic amines is 2. The molecule has 0 spiro atoms. The molecule has 3 aromatic rings. The molecule has 146 valence electrons. The molecule has 1 aliphatic rings. The number of aromatic nitrogens is 6. The lowest BCUT2D eigenvalue weighted by atomic mass is 10.2. The zero-order chi connectivity index (χ0) is 19.5. The van der Waals surface area contributed by atoms with Crippen LogP contribution in [0.3, 0.4) is 0 Å². The first-order chi connectivity index (χ1) is 13.6. The highest BCUT2D eigenvalue weighted by molar-refractivity contribution is 5.56. The molecular formula is C19H24N8O. The quantitative estimate of drug-likeness (QED) is 0.684. The van der Waals surface area contributed by atoms with Gasteiger partial charge >= 0.3 is 0 Å². The van der Waals surface area contributed by atoms with Crippen LogP contribution in [0, 0.1) is 6.92 Å². The summed E-state index contributed by atoms with van der Waals surface area (Å²) in [5.74, 6) is 3.18. The van der Waals surface area contributed by atoms with E-state index < -0.39 is 0 Å². The monoisotopic (exact) mass is 380 g/mol. The number of hydrogen-bond donors (Lipinski definition) is 2. The van der Waals surface area contributed by atoms with Gasteiger partial charge in [-0.2, -0.15) is 5.10 Å². The van der Waals surface area contributed by atoms with Gasteiger partial charge in [-0.15, -0.1) is 0 Å². The third kappa shape index (κ3) is 4.09. The van der Waals surface area contributed by atoms with Gasteiger partial charge in [0.15, 0.2) is 5.82 Å². The number of pyridine rings is 1. The van der Waals surface area contributed by atoms with Crippen molar-refractivity contribution in [3.63, 3.8) is 0 Å². The first kappa shape index (κ1) is 18.3. The van der Waals surface area contributed by atoms with Gasteiger partial charge in [-0.05, 0) is 25.5 Å². The largest absolute Gasteiger partial charge is 0.354 e. The summed E-state index contributed by atoms with van der Waals surface area (Å²) >= 11 is 0. The fraction of sp³-hybridized carbons (Fsp3) is 0.421. The molecule has 0 radical (unpaired) electrons. The smallest absolute Gasteiger partial charge is 0.251 e. The summed E-state index contributed by atoms with van der Waals surface area (Å²) in [6.07, 6.45) is 2.50. The third-order valence-corrected chi connectivity index (χ3v) is 4.88. The summed E-state index contributed by atoms with van der Waals surface area (Å²) < 4.78 is 0. The van der Waals surface area contributed by atoms with E-state index in [1.54, 1.807) is 6.20 Å². The van der Waals surface area contributed by atoms with E-state index in [0.717, 1.165) is 67.9 Å². The SMILES string of the molecule is CCc1cc(=O)[nH]c(-c2ccc(N3CCN(Cc4n[nH]c(C)n4)CC3)nc2)n1. The summed E-state index contributed by atoms with van der Waals surface area (Å²) in [6.45, 7) is 8.32. The zero-order valence-electron chi connectivity index (χ0n) is 16.1. The fourth-order valence-corrected chi connectivity index (χ4v) is 3.33. The minimum Gasteiger partial charge on any atom is -0.354 e. The van der Waals surface area contributed by atoms with Gasteiger partial charge in [0, 0.05) is 49.7 Å². The Hall–Kier alpha value is -3.07. The van der Waals surface area contributed by atoms with Crippen LogP contribution in [-0.2, 0) is 13.0 Å².